The van der Waals surface area contributed by atoms with E-state index in [1.54, 1.807) is 0 Å². The maximum Gasteiger partial charge on any atom is 0.316 e. The van der Waals surface area contributed by atoms with E-state index in [0.29, 0.717) is 0 Å². The zero-order valence-electron chi connectivity index (χ0n) is 9.99. The first-order valence-electron chi connectivity index (χ1n) is 5.03. The van der Waals surface area contributed by atoms with Crippen molar-refractivity contribution in [2.75, 3.05) is 6.61 Å². The van der Waals surface area contributed by atoms with E-state index in [0.717, 1.165) is 0 Å². The average Bonchev–Trinajstić information content (AvgIpc) is 2.35. The molecule has 5 unspecified atom stereocenters. The van der Waals surface area contributed by atoms with Crippen molar-refractivity contribution in [1.29, 1.82) is 0 Å². The first-order chi connectivity index (χ1) is 8.56. The van der Waals surface area contributed by atoms with Crippen molar-refractivity contribution in [2.24, 2.45) is 0 Å². The Morgan fingerprint density at radius 3 is 1.43 bits per heavy atom. The van der Waals surface area contributed by atoms with E-state index in [2.05, 4.69) is 0 Å². The van der Waals surface area contributed by atoms with Gasteiger partial charge in [0.15, 0.2) is 6.10 Å². The van der Waals surface area contributed by atoms with E-state index < -0.39 is 49.1 Å². The molecule has 0 aromatic heterocycles. The Labute approximate surface area is 166 Å². The third-order valence-corrected chi connectivity index (χ3v) is 1.87. The molecular weight excluding hydrogens is 332 g/mol. The molecule has 0 bridgehead atoms. The van der Waals surface area contributed by atoms with Crippen LogP contribution in [0.5, 0.6) is 0 Å². The second kappa shape index (κ2) is 15.6. The molecule has 0 rings (SSSR count). The summed E-state index contributed by atoms with van der Waals surface area (Å²) < 4.78 is 0. The standard InChI is InChI=1S/C6H12O7.C3H6O3.Ca.Mg.4H/c7-1-2(8)3(9)4(10)5(11)6(12)13;1-2(4)3(5)6;;;;;;/h2-5,7-11H,1H2,(H,12,13);2,4H,1H3,(H,5,6);;;;;;. The molecule has 0 heterocycles. The van der Waals surface area contributed by atoms with Crippen molar-refractivity contribution in [1.82, 2.24) is 0 Å². The first-order valence-corrected chi connectivity index (χ1v) is 5.03. The van der Waals surface area contributed by atoms with E-state index in [1.165, 1.54) is 6.92 Å². The summed E-state index contributed by atoms with van der Waals surface area (Å²) in [5.74, 6) is -2.91. The fourth-order valence-electron chi connectivity index (χ4n) is 0.668. The van der Waals surface area contributed by atoms with Crippen molar-refractivity contribution >= 4 is 72.7 Å². The predicted octanol–water partition coefficient (Wildman–Crippen LogP) is -5.87. The average molecular weight is 355 g/mol. The molecule has 0 aromatic rings. The summed E-state index contributed by atoms with van der Waals surface area (Å²) in [5, 5.41) is 67.6. The van der Waals surface area contributed by atoms with Crippen molar-refractivity contribution in [3.8, 4) is 0 Å². The van der Waals surface area contributed by atoms with Gasteiger partial charge in [-0.1, -0.05) is 0 Å². The van der Waals surface area contributed by atoms with Crippen molar-refractivity contribution in [3.63, 3.8) is 0 Å². The third kappa shape index (κ3) is 14.1. The van der Waals surface area contributed by atoms with Gasteiger partial charge in [0.1, 0.15) is 24.4 Å². The van der Waals surface area contributed by atoms with Gasteiger partial charge >= 0.3 is 72.7 Å². The van der Waals surface area contributed by atoms with E-state index in [1.807, 2.05) is 0 Å². The SMILES string of the molecule is CC(O)C(=O)O.O=C(O)C(O)C(O)C(O)C(O)CO.[CaH2].[MgH2]. The van der Waals surface area contributed by atoms with E-state index in [-0.39, 0.29) is 60.8 Å². The molecule has 0 amide bonds. The third-order valence-electron chi connectivity index (χ3n) is 1.87. The van der Waals surface area contributed by atoms with Crippen molar-refractivity contribution in [2.45, 2.75) is 37.4 Å². The minimum atomic E-state index is -2.20. The Bertz CT molecular complexity index is 290. The van der Waals surface area contributed by atoms with Gasteiger partial charge in [-0.05, 0) is 6.92 Å². The first kappa shape index (κ1) is 29.7. The topological polar surface area (TPSA) is 196 Å². The molecule has 0 aromatic carbocycles. The van der Waals surface area contributed by atoms with Gasteiger partial charge in [-0.2, -0.15) is 0 Å². The van der Waals surface area contributed by atoms with Gasteiger partial charge in [-0.25, -0.2) is 9.59 Å². The van der Waals surface area contributed by atoms with Crippen LogP contribution in [0.4, 0.5) is 0 Å². The molecule has 12 heteroatoms. The van der Waals surface area contributed by atoms with Crippen LogP contribution in [0.1, 0.15) is 6.92 Å². The Kier molecular flexibility index (Phi) is 22.1. The van der Waals surface area contributed by atoms with Crippen LogP contribution in [0.3, 0.4) is 0 Å². The Hall–Kier alpha value is 0.726. The van der Waals surface area contributed by atoms with Crippen molar-refractivity contribution < 1.29 is 50.4 Å². The minimum absolute atomic E-state index is 0. The number of carbonyl (C=O) groups is 2. The molecule has 0 fully saturated rings. The van der Waals surface area contributed by atoms with Crippen LogP contribution in [0.2, 0.25) is 0 Å². The summed E-state index contributed by atoms with van der Waals surface area (Å²) in [6.45, 7) is 0.354. The normalized spacial score (nSPS) is 16.5. The maximum absolute atomic E-state index is 10.1. The fraction of sp³-hybridized carbons (Fsp3) is 0.778. The van der Waals surface area contributed by atoms with E-state index in [4.69, 9.17) is 40.9 Å². The number of aliphatic hydroxyl groups is 6. The molecule has 122 valence electrons. The molecule has 0 radical (unpaired) electrons. The van der Waals surface area contributed by atoms with Crippen LogP contribution < -0.4 is 0 Å². The molecule has 0 aliphatic carbocycles. The van der Waals surface area contributed by atoms with Gasteiger partial charge in [0.25, 0.3) is 0 Å². The number of carboxylic acids is 2. The minimum Gasteiger partial charge on any atom is 0.316 e. The number of rotatable bonds is 6. The Balaban J connectivity index is -0.000000156. The van der Waals surface area contributed by atoms with Crippen LogP contribution in [0, 0.1) is 0 Å². The van der Waals surface area contributed by atoms with Gasteiger partial charge in [0.2, 0.25) is 0 Å². The van der Waals surface area contributed by atoms with Crippen LogP contribution in [-0.4, -0.2) is 151 Å². The quantitative estimate of drug-likeness (QED) is 0.213. The molecule has 0 aliphatic rings. The zero-order chi connectivity index (χ0) is 15.7. The van der Waals surface area contributed by atoms with Gasteiger partial charge in [-0.15, -0.1) is 0 Å². The van der Waals surface area contributed by atoms with Crippen LogP contribution in [0.15, 0.2) is 0 Å². The number of aliphatic hydroxyl groups excluding tert-OH is 6. The molecular formula is C9H22CaMgO10. The molecule has 0 aliphatic heterocycles. The Morgan fingerprint density at radius 2 is 1.24 bits per heavy atom. The molecule has 21 heavy (non-hydrogen) atoms. The molecule has 0 saturated heterocycles. The monoisotopic (exact) mass is 354 g/mol. The van der Waals surface area contributed by atoms with Crippen molar-refractivity contribution in [3.05, 3.63) is 0 Å². The van der Waals surface area contributed by atoms with Crippen LogP contribution in [0.25, 0.3) is 0 Å². The van der Waals surface area contributed by atoms with E-state index >= 15 is 0 Å². The largest absolute Gasteiger partial charge is 0.316 e. The van der Waals surface area contributed by atoms with E-state index in [9.17, 15) is 9.59 Å². The summed E-state index contributed by atoms with van der Waals surface area (Å²) in [5.41, 5.74) is 0. The second-order valence-electron chi connectivity index (χ2n) is 3.53. The number of aliphatic carboxylic acids is 2. The molecule has 5 atom stereocenters. The molecule has 0 saturated carbocycles. The molecule has 10 nitrogen and oxygen atoms in total. The van der Waals surface area contributed by atoms with Gasteiger partial charge < -0.3 is 40.9 Å². The number of hydrogen-bond donors (Lipinski definition) is 8. The Morgan fingerprint density at radius 1 is 0.905 bits per heavy atom. The maximum atomic E-state index is 10.1. The summed E-state index contributed by atoms with van der Waals surface area (Å²) in [6.07, 6.45) is -9.07. The smallest absolute Gasteiger partial charge is 0.316 e. The van der Waals surface area contributed by atoms with Crippen LogP contribution >= 0.6 is 0 Å². The summed E-state index contributed by atoms with van der Waals surface area (Å²) >= 11 is 0. The fourth-order valence-corrected chi connectivity index (χ4v) is 0.668. The zero-order valence-corrected chi connectivity index (χ0v) is 9.99. The molecule has 0 spiro atoms. The summed E-state index contributed by atoms with van der Waals surface area (Å²) in [7, 11) is 0. The second-order valence-corrected chi connectivity index (χ2v) is 3.53. The predicted molar refractivity (Wildman–Crippen MR) is 75.2 cm³/mol. The van der Waals surface area contributed by atoms with Gasteiger partial charge in [0, 0.05) is 0 Å². The number of hydrogen-bond acceptors (Lipinski definition) is 8. The van der Waals surface area contributed by atoms with Gasteiger partial charge in [-0.3, -0.25) is 0 Å². The molecule has 8 N–H and O–H groups in total. The van der Waals surface area contributed by atoms with Gasteiger partial charge in [0.05, 0.1) is 6.61 Å². The summed E-state index contributed by atoms with van der Waals surface area (Å²) in [6, 6.07) is 0. The van der Waals surface area contributed by atoms with Crippen LogP contribution in [-0.2, 0) is 9.59 Å². The number of carboxylic acid groups (broad SMARTS) is 2. The summed E-state index contributed by atoms with van der Waals surface area (Å²) in [4.78, 5) is 19.5.